The van der Waals surface area contributed by atoms with E-state index in [2.05, 4.69) is 20.3 Å². The van der Waals surface area contributed by atoms with Gasteiger partial charge in [0.1, 0.15) is 11.5 Å². The fourth-order valence-electron chi connectivity index (χ4n) is 2.94. The molecule has 2 N–H and O–H groups in total. The van der Waals surface area contributed by atoms with Crippen LogP contribution in [0.4, 0.5) is 0 Å². The van der Waals surface area contributed by atoms with Crippen LogP contribution in [0, 0.1) is 6.92 Å². The van der Waals surface area contributed by atoms with Gasteiger partial charge >= 0.3 is 0 Å². The summed E-state index contributed by atoms with van der Waals surface area (Å²) in [4.78, 5) is 24.8. The molecule has 26 heavy (non-hydrogen) atoms. The van der Waals surface area contributed by atoms with Crippen molar-refractivity contribution in [2.75, 3.05) is 6.54 Å². The van der Waals surface area contributed by atoms with Gasteiger partial charge in [-0.3, -0.25) is 4.79 Å². The number of aromatic nitrogens is 4. The monoisotopic (exact) mass is 365 g/mol. The van der Waals surface area contributed by atoms with Crippen LogP contribution >= 0.6 is 11.3 Å². The number of benzene rings is 1. The summed E-state index contributed by atoms with van der Waals surface area (Å²) < 4.78 is 1.83. The number of para-hydroxylation sites is 2. The summed E-state index contributed by atoms with van der Waals surface area (Å²) in [6, 6.07) is 9.79. The number of aromatic amines is 1. The van der Waals surface area contributed by atoms with Gasteiger partial charge < -0.3 is 14.9 Å². The molecule has 0 aliphatic rings. The van der Waals surface area contributed by atoms with Gasteiger partial charge in [0.25, 0.3) is 5.91 Å². The fourth-order valence-corrected chi connectivity index (χ4v) is 3.56. The van der Waals surface area contributed by atoms with Gasteiger partial charge in [0, 0.05) is 37.2 Å². The molecule has 3 heterocycles. The van der Waals surface area contributed by atoms with Crippen molar-refractivity contribution in [3.8, 4) is 11.3 Å². The number of carbonyl (C=O) groups excluding carboxylic acids is 1. The van der Waals surface area contributed by atoms with Crippen molar-refractivity contribution in [3.63, 3.8) is 0 Å². The van der Waals surface area contributed by atoms with Crippen LogP contribution < -0.4 is 5.32 Å². The third-order valence-electron chi connectivity index (χ3n) is 4.24. The average molecular weight is 365 g/mol. The third-order valence-corrected chi connectivity index (χ3v) is 5.01. The second-order valence-corrected chi connectivity index (χ2v) is 7.25. The Hall–Kier alpha value is -2.93. The first-order chi connectivity index (χ1) is 12.6. The summed E-state index contributed by atoms with van der Waals surface area (Å²) in [6.07, 6.45) is 2.59. The molecule has 0 atom stereocenters. The zero-order valence-corrected chi connectivity index (χ0v) is 15.4. The van der Waals surface area contributed by atoms with Gasteiger partial charge in [-0.15, -0.1) is 11.3 Å². The smallest absolute Gasteiger partial charge is 0.267 e. The van der Waals surface area contributed by atoms with Gasteiger partial charge in [-0.05, 0) is 25.1 Å². The summed E-state index contributed by atoms with van der Waals surface area (Å²) in [6.45, 7) is 2.50. The number of hydrogen-bond donors (Lipinski definition) is 2. The molecule has 3 aromatic heterocycles. The molecule has 1 amide bonds. The summed E-state index contributed by atoms with van der Waals surface area (Å²) in [5, 5.41) is 5.99. The van der Waals surface area contributed by atoms with Gasteiger partial charge in [0.15, 0.2) is 0 Å². The molecular formula is C19H19N5OS. The highest BCUT2D eigenvalue weighted by atomic mass is 32.1. The number of nitrogens with one attached hydrogen (secondary N) is 2. The number of rotatable bonds is 5. The van der Waals surface area contributed by atoms with Crippen molar-refractivity contribution in [1.29, 1.82) is 0 Å². The van der Waals surface area contributed by atoms with Crippen LogP contribution in [0.3, 0.4) is 0 Å². The first-order valence-corrected chi connectivity index (χ1v) is 9.29. The molecule has 0 saturated heterocycles. The lowest BCUT2D eigenvalue weighted by molar-refractivity contribution is 0.0946. The lowest BCUT2D eigenvalue weighted by Crippen LogP contribution is -2.27. The summed E-state index contributed by atoms with van der Waals surface area (Å²) in [5.41, 5.74) is 4.44. The Bertz CT molecular complexity index is 1040. The molecule has 0 spiro atoms. The number of imidazole rings is 1. The predicted octanol–water partition coefficient (Wildman–Crippen LogP) is 3.31. The lowest BCUT2D eigenvalue weighted by atomic mass is 10.2. The molecule has 0 fully saturated rings. The van der Waals surface area contributed by atoms with Gasteiger partial charge in [0.2, 0.25) is 0 Å². The summed E-state index contributed by atoms with van der Waals surface area (Å²) >= 11 is 1.60. The maximum absolute atomic E-state index is 12.5. The maximum atomic E-state index is 12.5. The normalized spacial score (nSPS) is 11.2. The second kappa shape index (κ2) is 6.76. The molecule has 0 aliphatic heterocycles. The van der Waals surface area contributed by atoms with Crippen LogP contribution in [0.25, 0.3) is 22.3 Å². The molecule has 0 unspecified atom stereocenters. The minimum atomic E-state index is -0.0955. The molecule has 4 rings (SSSR count). The van der Waals surface area contributed by atoms with E-state index in [4.69, 9.17) is 0 Å². The predicted molar refractivity (Wildman–Crippen MR) is 103 cm³/mol. The van der Waals surface area contributed by atoms with Crippen molar-refractivity contribution in [2.45, 2.75) is 13.3 Å². The molecule has 0 radical (unpaired) electrons. The number of fused-ring (bicyclic) bond motifs is 1. The Labute approximate surface area is 154 Å². The molecule has 4 aromatic rings. The van der Waals surface area contributed by atoms with E-state index in [1.807, 2.05) is 60.4 Å². The Balaban J connectivity index is 1.41. The Morgan fingerprint density at radius 2 is 2.15 bits per heavy atom. The Kier molecular flexibility index (Phi) is 4.30. The zero-order chi connectivity index (χ0) is 18.1. The van der Waals surface area contributed by atoms with Crippen LogP contribution in [0.2, 0.25) is 0 Å². The largest absolute Gasteiger partial charge is 0.350 e. The Morgan fingerprint density at radius 1 is 1.31 bits per heavy atom. The molecule has 0 aliphatic carbocycles. The first kappa shape index (κ1) is 16.5. The van der Waals surface area contributed by atoms with Crippen LogP contribution in [0.5, 0.6) is 0 Å². The van der Waals surface area contributed by atoms with Crippen LogP contribution in [0.1, 0.15) is 21.3 Å². The standard InChI is InChI=1S/C19H19N5OS/c1-12-21-16(11-26-12)13-9-17(24(2)10-13)19(25)20-8-7-18-22-14-5-3-4-6-15(14)23-18/h3-6,9-11H,7-8H2,1-2H3,(H,20,25)(H,22,23). The molecule has 1 aromatic carbocycles. The van der Waals surface area contributed by atoms with Crippen molar-refractivity contribution in [2.24, 2.45) is 7.05 Å². The van der Waals surface area contributed by atoms with Crippen molar-refractivity contribution >= 4 is 28.3 Å². The van der Waals surface area contributed by atoms with Gasteiger partial charge in [-0.2, -0.15) is 0 Å². The number of thiazole rings is 1. The van der Waals surface area contributed by atoms with E-state index in [0.29, 0.717) is 18.7 Å². The second-order valence-electron chi connectivity index (χ2n) is 6.18. The van der Waals surface area contributed by atoms with Crippen LogP contribution in [0.15, 0.2) is 41.9 Å². The topological polar surface area (TPSA) is 75.6 Å². The van der Waals surface area contributed by atoms with E-state index in [0.717, 1.165) is 33.1 Å². The van der Waals surface area contributed by atoms with E-state index in [9.17, 15) is 4.79 Å². The number of carbonyl (C=O) groups is 1. The number of amides is 1. The number of hydrogen-bond acceptors (Lipinski definition) is 4. The highest BCUT2D eigenvalue weighted by Crippen LogP contribution is 2.23. The highest BCUT2D eigenvalue weighted by molar-refractivity contribution is 7.09. The minimum Gasteiger partial charge on any atom is -0.350 e. The van der Waals surface area contributed by atoms with Crippen molar-refractivity contribution < 1.29 is 4.79 Å². The Morgan fingerprint density at radius 3 is 2.92 bits per heavy atom. The van der Waals surface area contributed by atoms with E-state index in [1.54, 1.807) is 11.3 Å². The zero-order valence-electron chi connectivity index (χ0n) is 14.6. The molecule has 7 heteroatoms. The highest BCUT2D eigenvalue weighted by Gasteiger charge is 2.14. The lowest BCUT2D eigenvalue weighted by Gasteiger charge is -2.04. The van der Waals surface area contributed by atoms with Crippen LogP contribution in [-0.2, 0) is 13.5 Å². The summed E-state index contributed by atoms with van der Waals surface area (Å²) in [5.74, 6) is 0.777. The van der Waals surface area contributed by atoms with E-state index in [1.165, 1.54) is 0 Å². The maximum Gasteiger partial charge on any atom is 0.267 e. The molecule has 0 saturated carbocycles. The fraction of sp³-hybridized carbons (Fsp3) is 0.211. The van der Waals surface area contributed by atoms with E-state index >= 15 is 0 Å². The average Bonchev–Trinajstić information content (AvgIpc) is 3.32. The van der Waals surface area contributed by atoms with Crippen molar-refractivity contribution in [3.05, 3.63) is 58.4 Å². The summed E-state index contributed by atoms with van der Waals surface area (Å²) in [7, 11) is 1.87. The SMILES string of the molecule is Cc1nc(-c2cc(C(=O)NCCc3nc4ccccc4[nH]3)n(C)c2)cs1. The molecule has 0 bridgehead atoms. The first-order valence-electron chi connectivity index (χ1n) is 8.41. The van der Waals surface area contributed by atoms with Gasteiger partial charge in [-0.1, -0.05) is 12.1 Å². The van der Waals surface area contributed by atoms with Gasteiger partial charge in [0.05, 0.1) is 21.7 Å². The molecule has 6 nitrogen and oxygen atoms in total. The number of nitrogens with zero attached hydrogens (tertiary/aromatic N) is 3. The molecule has 132 valence electrons. The van der Waals surface area contributed by atoms with E-state index in [-0.39, 0.29) is 5.91 Å². The van der Waals surface area contributed by atoms with Crippen LogP contribution in [-0.4, -0.2) is 32.0 Å². The quantitative estimate of drug-likeness (QED) is 0.570. The van der Waals surface area contributed by atoms with E-state index < -0.39 is 0 Å². The van der Waals surface area contributed by atoms with Crippen molar-refractivity contribution in [1.82, 2.24) is 24.8 Å². The third kappa shape index (κ3) is 3.25. The number of aryl methyl sites for hydroxylation is 2. The number of H-pyrrole nitrogens is 1. The molecular weight excluding hydrogens is 346 g/mol. The van der Waals surface area contributed by atoms with Gasteiger partial charge in [-0.25, -0.2) is 9.97 Å². The minimum absolute atomic E-state index is 0.0955.